The van der Waals surface area contributed by atoms with Gasteiger partial charge in [0.1, 0.15) is 5.92 Å². The van der Waals surface area contributed by atoms with Gasteiger partial charge in [-0.15, -0.1) is 0 Å². The molecule has 1 amide bonds. The van der Waals surface area contributed by atoms with E-state index in [0.717, 1.165) is 0 Å². The van der Waals surface area contributed by atoms with Crippen molar-refractivity contribution in [3.05, 3.63) is 0 Å². The van der Waals surface area contributed by atoms with Crippen LogP contribution in [0.4, 0.5) is 0 Å². The molecule has 58 valence electrons. The zero-order valence-corrected chi connectivity index (χ0v) is 6.09. The summed E-state index contributed by atoms with van der Waals surface area (Å²) in [5, 5.41) is 2.53. The first-order valence-corrected chi connectivity index (χ1v) is 3.15. The lowest BCUT2D eigenvalue weighted by Gasteiger charge is -2.33. The van der Waals surface area contributed by atoms with E-state index in [0.29, 0.717) is 6.61 Å². The molecule has 4 heteroatoms. The highest BCUT2D eigenvalue weighted by atomic mass is 16.7. The quantitative estimate of drug-likeness (QED) is 0.561. The molecule has 0 aliphatic carbocycles. The minimum absolute atomic E-state index is 0.0156. The lowest BCUT2D eigenvalue weighted by molar-refractivity contribution is -0.241. The van der Waals surface area contributed by atoms with Crippen LogP contribution in [0.15, 0.2) is 0 Å². The van der Waals surface area contributed by atoms with Crippen LogP contribution >= 0.6 is 0 Å². The number of hydrogen-bond acceptors (Lipinski definition) is 3. The molecule has 1 fully saturated rings. The SMILES string of the molecule is CNC(=O)C1COC1OC. The van der Waals surface area contributed by atoms with Crippen molar-refractivity contribution in [2.75, 3.05) is 20.8 Å². The third-order valence-electron chi connectivity index (χ3n) is 1.58. The van der Waals surface area contributed by atoms with E-state index in [1.54, 1.807) is 7.05 Å². The van der Waals surface area contributed by atoms with Crippen molar-refractivity contribution < 1.29 is 14.3 Å². The van der Waals surface area contributed by atoms with Crippen LogP contribution in [0.3, 0.4) is 0 Å². The molecule has 1 rings (SSSR count). The predicted molar refractivity (Wildman–Crippen MR) is 34.3 cm³/mol. The zero-order valence-electron chi connectivity index (χ0n) is 6.09. The van der Waals surface area contributed by atoms with Crippen LogP contribution in [0.25, 0.3) is 0 Å². The smallest absolute Gasteiger partial charge is 0.230 e. The van der Waals surface area contributed by atoms with Gasteiger partial charge in [0.25, 0.3) is 0 Å². The minimum atomic E-state index is -0.333. The highest BCUT2D eigenvalue weighted by molar-refractivity contribution is 5.79. The summed E-state index contributed by atoms with van der Waals surface area (Å²) in [4.78, 5) is 10.9. The largest absolute Gasteiger partial charge is 0.359 e. The van der Waals surface area contributed by atoms with Gasteiger partial charge in [-0.2, -0.15) is 0 Å². The Labute approximate surface area is 59.5 Å². The number of methoxy groups -OCH3 is 1. The third kappa shape index (κ3) is 1.12. The topological polar surface area (TPSA) is 47.6 Å². The summed E-state index contributed by atoms with van der Waals surface area (Å²) in [5.41, 5.74) is 0. The maximum absolute atomic E-state index is 10.9. The molecule has 0 bridgehead atoms. The summed E-state index contributed by atoms with van der Waals surface area (Å²) in [7, 11) is 3.13. The first-order valence-electron chi connectivity index (χ1n) is 3.15. The van der Waals surface area contributed by atoms with E-state index in [9.17, 15) is 4.79 Å². The van der Waals surface area contributed by atoms with Crippen LogP contribution in [0.5, 0.6) is 0 Å². The van der Waals surface area contributed by atoms with Gasteiger partial charge in [-0.05, 0) is 0 Å². The van der Waals surface area contributed by atoms with Gasteiger partial charge in [0.2, 0.25) is 5.91 Å². The Morgan fingerprint density at radius 3 is 2.80 bits per heavy atom. The number of ether oxygens (including phenoxy) is 2. The van der Waals surface area contributed by atoms with Crippen molar-refractivity contribution in [1.82, 2.24) is 5.32 Å². The van der Waals surface area contributed by atoms with Gasteiger partial charge in [-0.3, -0.25) is 4.79 Å². The minimum Gasteiger partial charge on any atom is -0.359 e. The van der Waals surface area contributed by atoms with E-state index in [2.05, 4.69) is 5.32 Å². The molecule has 1 aliphatic heterocycles. The first kappa shape index (κ1) is 7.50. The molecule has 4 nitrogen and oxygen atoms in total. The summed E-state index contributed by atoms with van der Waals surface area (Å²) in [6.07, 6.45) is -0.333. The third-order valence-corrected chi connectivity index (χ3v) is 1.58. The summed E-state index contributed by atoms with van der Waals surface area (Å²) in [5.74, 6) is -0.131. The van der Waals surface area contributed by atoms with Gasteiger partial charge in [-0.1, -0.05) is 0 Å². The zero-order chi connectivity index (χ0) is 7.56. The first-order chi connectivity index (χ1) is 4.79. The normalized spacial score (nSPS) is 31.0. The van der Waals surface area contributed by atoms with Gasteiger partial charge in [0.15, 0.2) is 6.29 Å². The Hall–Kier alpha value is -0.610. The van der Waals surface area contributed by atoms with Crippen LogP contribution < -0.4 is 5.32 Å². The number of rotatable bonds is 2. The fourth-order valence-electron chi connectivity index (χ4n) is 0.888. The fourth-order valence-corrected chi connectivity index (χ4v) is 0.888. The van der Waals surface area contributed by atoms with E-state index < -0.39 is 0 Å². The molecule has 2 atom stereocenters. The van der Waals surface area contributed by atoms with Crippen molar-refractivity contribution in [2.24, 2.45) is 5.92 Å². The molecule has 0 radical (unpaired) electrons. The second-order valence-corrected chi connectivity index (χ2v) is 2.16. The molecule has 0 aromatic heterocycles. The van der Waals surface area contributed by atoms with E-state index in [4.69, 9.17) is 9.47 Å². The highest BCUT2D eigenvalue weighted by Crippen LogP contribution is 2.20. The number of nitrogens with one attached hydrogen (secondary N) is 1. The predicted octanol–water partition coefficient (Wildman–Crippen LogP) is -0.649. The average Bonchev–Trinajstić information content (AvgIpc) is 1.86. The Morgan fingerprint density at radius 2 is 2.50 bits per heavy atom. The van der Waals surface area contributed by atoms with Crippen molar-refractivity contribution in [1.29, 1.82) is 0 Å². The second-order valence-electron chi connectivity index (χ2n) is 2.16. The number of carbonyl (C=O) groups is 1. The van der Waals surface area contributed by atoms with Crippen molar-refractivity contribution in [3.8, 4) is 0 Å². The molecule has 2 unspecified atom stereocenters. The molecular formula is C6H11NO3. The van der Waals surface area contributed by atoms with Gasteiger partial charge in [0, 0.05) is 14.2 Å². The molecule has 1 saturated heterocycles. The van der Waals surface area contributed by atoms with E-state index >= 15 is 0 Å². The molecular weight excluding hydrogens is 134 g/mol. The Kier molecular flexibility index (Phi) is 2.24. The molecule has 0 saturated carbocycles. The van der Waals surface area contributed by atoms with Gasteiger partial charge >= 0.3 is 0 Å². The van der Waals surface area contributed by atoms with Crippen LogP contribution in [0, 0.1) is 5.92 Å². The number of amides is 1. The standard InChI is InChI=1S/C6H11NO3/c1-7-5(8)4-3-10-6(4)9-2/h4,6H,3H2,1-2H3,(H,7,8). The number of carbonyl (C=O) groups excluding carboxylic acids is 1. The maximum Gasteiger partial charge on any atom is 0.230 e. The van der Waals surface area contributed by atoms with Crippen molar-refractivity contribution >= 4 is 5.91 Å². The van der Waals surface area contributed by atoms with Crippen molar-refractivity contribution in [2.45, 2.75) is 6.29 Å². The molecule has 1 N–H and O–H groups in total. The van der Waals surface area contributed by atoms with Gasteiger partial charge in [-0.25, -0.2) is 0 Å². The van der Waals surface area contributed by atoms with Gasteiger partial charge in [0.05, 0.1) is 6.61 Å². The van der Waals surface area contributed by atoms with Crippen LogP contribution in [0.1, 0.15) is 0 Å². The summed E-state index contributed by atoms with van der Waals surface area (Å²) in [6.45, 7) is 0.470. The molecule has 10 heavy (non-hydrogen) atoms. The summed E-state index contributed by atoms with van der Waals surface area (Å²) in [6, 6.07) is 0. The highest BCUT2D eigenvalue weighted by Gasteiger charge is 2.37. The van der Waals surface area contributed by atoms with Crippen molar-refractivity contribution in [3.63, 3.8) is 0 Å². The molecule has 0 aromatic carbocycles. The lowest BCUT2D eigenvalue weighted by Crippen LogP contribution is -2.49. The Balaban J connectivity index is 2.35. The Bertz CT molecular complexity index is 135. The van der Waals surface area contributed by atoms with Gasteiger partial charge < -0.3 is 14.8 Å². The van der Waals surface area contributed by atoms with E-state index in [1.807, 2.05) is 0 Å². The average molecular weight is 145 g/mol. The van der Waals surface area contributed by atoms with Crippen LogP contribution in [0.2, 0.25) is 0 Å². The lowest BCUT2D eigenvalue weighted by atomic mass is 10.1. The molecule has 0 spiro atoms. The molecule has 0 aromatic rings. The summed E-state index contributed by atoms with van der Waals surface area (Å²) >= 11 is 0. The van der Waals surface area contributed by atoms with Crippen LogP contribution in [-0.4, -0.2) is 33.0 Å². The maximum atomic E-state index is 10.9. The fraction of sp³-hybridized carbons (Fsp3) is 0.833. The monoisotopic (exact) mass is 145 g/mol. The molecule has 1 heterocycles. The summed E-state index contributed by atoms with van der Waals surface area (Å²) < 4.78 is 9.77. The van der Waals surface area contributed by atoms with Crippen LogP contribution in [-0.2, 0) is 14.3 Å². The molecule has 1 aliphatic rings. The van der Waals surface area contributed by atoms with E-state index in [-0.39, 0.29) is 18.1 Å². The second kappa shape index (κ2) is 2.98. The number of hydrogen-bond donors (Lipinski definition) is 1. The Morgan fingerprint density at radius 1 is 1.80 bits per heavy atom. The van der Waals surface area contributed by atoms with E-state index in [1.165, 1.54) is 7.11 Å².